The van der Waals surface area contributed by atoms with Crippen molar-refractivity contribution in [3.05, 3.63) is 37.6 Å². The molecule has 0 unspecified atom stereocenters. The normalized spacial score (nSPS) is 9.79. The number of esters is 1. The van der Waals surface area contributed by atoms with Crippen molar-refractivity contribution in [3.8, 4) is 0 Å². The fourth-order valence-electron chi connectivity index (χ4n) is 0.885. The van der Waals surface area contributed by atoms with Gasteiger partial charge in [0.15, 0.2) is 0 Å². The topological polar surface area (TPSA) is 29.5 Å². The summed E-state index contributed by atoms with van der Waals surface area (Å²) >= 11 is 0. The second-order valence-electron chi connectivity index (χ2n) is 2.60. The summed E-state index contributed by atoms with van der Waals surface area (Å²) < 4.78 is 4.74. The van der Waals surface area contributed by atoms with E-state index in [1.807, 2.05) is 4.90 Å². The number of carbonyl (C=O) groups excluding carboxylic acids is 1. The maximum absolute atomic E-state index is 11.0. The van der Waals surface area contributed by atoms with Crippen LogP contribution >= 0.6 is 0 Å². The van der Waals surface area contributed by atoms with Crippen molar-refractivity contribution in [2.45, 2.75) is 6.92 Å². The summed E-state index contributed by atoms with van der Waals surface area (Å²) in [6.45, 7) is 10.8. The molecule has 0 N–H and O–H groups in total. The lowest BCUT2D eigenvalue weighted by Gasteiger charge is -2.15. The van der Waals surface area contributed by atoms with Crippen molar-refractivity contribution in [1.82, 2.24) is 4.90 Å². The second kappa shape index (κ2) is 8.10. The Balaban J connectivity index is 4.05. The molecule has 14 heavy (non-hydrogen) atoms. The van der Waals surface area contributed by atoms with Crippen LogP contribution in [0.5, 0.6) is 0 Å². The molecule has 0 saturated carbocycles. The molecule has 0 radical (unpaired) electrons. The van der Waals surface area contributed by atoms with Crippen LogP contribution in [-0.4, -0.2) is 30.6 Å². The van der Waals surface area contributed by atoms with E-state index >= 15 is 0 Å². The lowest BCUT2D eigenvalue weighted by atomic mass is 10.4. The van der Waals surface area contributed by atoms with Crippen LogP contribution in [0.1, 0.15) is 6.92 Å². The molecule has 0 aliphatic rings. The third kappa shape index (κ3) is 6.06. The van der Waals surface area contributed by atoms with Crippen LogP contribution in [0.25, 0.3) is 0 Å². The van der Waals surface area contributed by atoms with Crippen LogP contribution in [0.2, 0.25) is 0 Å². The van der Waals surface area contributed by atoms with E-state index in [4.69, 9.17) is 4.74 Å². The van der Waals surface area contributed by atoms with Gasteiger partial charge in [-0.25, -0.2) is 4.79 Å². The highest BCUT2D eigenvalue weighted by molar-refractivity contribution is 5.81. The van der Waals surface area contributed by atoms with E-state index in [2.05, 4.69) is 13.2 Å². The molecule has 0 aromatic carbocycles. The van der Waals surface area contributed by atoms with E-state index in [-0.39, 0.29) is 5.97 Å². The number of rotatable bonds is 7. The van der Waals surface area contributed by atoms with Crippen LogP contribution < -0.4 is 0 Å². The Bertz CT molecular complexity index is 211. The Morgan fingerprint density at radius 1 is 1.36 bits per heavy atom. The van der Waals surface area contributed by atoms with Gasteiger partial charge in [0.25, 0.3) is 0 Å². The number of hydrogen-bond donors (Lipinski definition) is 0. The fourth-order valence-corrected chi connectivity index (χ4v) is 0.885. The Morgan fingerprint density at radius 3 is 2.36 bits per heavy atom. The zero-order chi connectivity index (χ0) is 10.8. The minimum atomic E-state index is -0.328. The zero-order valence-corrected chi connectivity index (χ0v) is 8.61. The summed E-state index contributed by atoms with van der Waals surface area (Å²) in [5, 5.41) is 0. The Morgan fingerprint density at radius 2 is 1.93 bits per heavy atom. The van der Waals surface area contributed by atoms with Crippen molar-refractivity contribution in [2.24, 2.45) is 0 Å². The summed E-state index contributed by atoms with van der Waals surface area (Å²) in [4.78, 5) is 12.9. The Hall–Kier alpha value is -1.51. The van der Waals surface area contributed by atoms with E-state index < -0.39 is 0 Å². The summed E-state index contributed by atoms with van der Waals surface area (Å²) in [6.07, 6.45) is 6.61. The van der Waals surface area contributed by atoms with Gasteiger partial charge in [0, 0.05) is 25.4 Å². The van der Waals surface area contributed by atoms with Crippen LogP contribution in [-0.2, 0) is 9.53 Å². The largest absolute Gasteiger partial charge is 0.463 e. The first-order valence-electron chi connectivity index (χ1n) is 4.55. The molecule has 0 aliphatic carbocycles. The maximum atomic E-state index is 11.0. The van der Waals surface area contributed by atoms with Gasteiger partial charge in [-0.1, -0.05) is 12.2 Å². The molecule has 0 fully saturated rings. The Kier molecular flexibility index (Phi) is 7.23. The summed E-state index contributed by atoms with van der Waals surface area (Å²) in [6, 6.07) is 0. The van der Waals surface area contributed by atoms with Crippen LogP contribution in [0, 0.1) is 0 Å². The van der Waals surface area contributed by atoms with Gasteiger partial charge in [0.1, 0.15) is 0 Å². The molecule has 0 amide bonds. The minimum absolute atomic E-state index is 0.328. The van der Waals surface area contributed by atoms with Gasteiger partial charge in [0.2, 0.25) is 0 Å². The molecule has 0 aromatic heterocycles. The van der Waals surface area contributed by atoms with Gasteiger partial charge >= 0.3 is 5.97 Å². The van der Waals surface area contributed by atoms with Crippen molar-refractivity contribution >= 4 is 5.97 Å². The SMILES string of the molecule is C=CCN(/C=C/C(=O)OCC)CC=C. The van der Waals surface area contributed by atoms with Crippen molar-refractivity contribution in [3.63, 3.8) is 0 Å². The predicted octanol–water partition coefficient (Wildman–Crippen LogP) is 1.74. The van der Waals surface area contributed by atoms with Crippen LogP contribution in [0.15, 0.2) is 37.6 Å². The van der Waals surface area contributed by atoms with E-state index in [1.54, 1.807) is 25.3 Å². The van der Waals surface area contributed by atoms with Gasteiger partial charge in [-0.3, -0.25) is 0 Å². The van der Waals surface area contributed by atoms with E-state index in [1.165, 1.54) is 6.08 Å². The highest BCUT2D eigenvalue weighted by atomic mass is 16.5. The number of carbonyl (C=O) groups is 1. The van der Waals surface area contributed by atoms with E-state index in [0.29, 0.717) is 19.7 Å². The first-order chi connectivity index (χ1) is 6.74. The molecule has 78 valence electrons. The first kappa shape index (κ1) is 12.5. The molecular weight excluding hydrogens is 178 g/mol. The van der Waals surface area contributed by atoms with Gasteiger partial charge < -0.3 is 9.64 Å². The van der Waals surface area contributed by atoms with Crippen molar-refractivity contribution < 1.29 is 9.53 Å². The Labute approximate surface area is 85.4 Å². The van der Waals surface area contributed by atoms with E-state index in [9.17, 15) is 4.79 Å². The van der Waals surface area contributed by atoms with Gasteiger partial charge in [-0.2, -0.15) is 0 Å². The lowest BCUT2D eigenvalue weighted by Crippen LogP contribution is -2.17. The third-order valence-electron chi connectivity index (χ3n) is 1.44. The summed E-state index contributed by atoms with van der Waals surface area (Å²) in [5.74, 6) is -0.328. The summed E-state index contributed by atoms with van der Waals surface area (Å²) in [5.41, 5.74) is 0. The van der Waals surface area contributed by atoms with Crippen molar-refractivity contribution in [2.75, 3.05) is 19.7 Å². The highest BCUT2D eigenvalue weighted by Crippen LogP contribution is 1.92. The van der Waals surface area contributed by atoms with Crippen molar-refractivity contribution in [1.29, 1.82) is 0 Å². The smallest absolute Gasteiger partial charge is 0.332 e. The molecule has 0 aromatic rings. The van der Waals surface area contributed by atoms with Gasteiger partial charge in [0.05, 0.1) is 6.61 Å². The molecule has 3 nitrogen and oxygen atoms in total. The molecule has 0 rings (SSSR count). The first-order valence-corrected chi connectivity index (χ1v) is 4.55. The maximum Gasteiger partial charge on any atom is 0.332 e. The molecule has 0 saturated heterocycles. The minimum Gasteiger partial charge on any atom is -0.463 e. The molecule has 0 heterocycles. The monoisotopic (exact) mass is 195 g/mol. The van der Waals surface area contributed by atoms with Crippen LogP contribution in [0.3, 0.4) is 0 Å². The molecule has 3 heteroatoms. The molecule has 0 atom stereocenters. The molecule has 0 aliphatic heterocycles. The van der Waals surface area contributed by atoms with Gasteiger partial charge in [-0.15, -0.1) is 13.2 Å². The molecule has 0 bridgehead atoms. The third-order valence-corrected chi connectivity index (χ3v) is 1.44. The quantitative estimate of drug-likeness (QED) is 0.352. The number of ether oxygens (including phenoxy) is 1. The average molecular weight is 195 g/mol. The van der Waals surface area contributed by atoms with E-state index in [0.717, 1.165) is 0 Å². The standard InChI is InChI=1S/C11H17NO2/c1-4-8-12(9-5-2)10-7-11(13)14-6-3/h4-5,7,10H,1-2,6,8-9H2,3H3/b10-7+. The summed E-state index contributed by atoms with van der Waals surface area (Å²) in [7, 11) is 0. The molecular formula is C11H17NO2. The predicted molar refractivity (Wildman–Crippen MR) is 57.7 cm³/mol. The second-order valence-corrected chi connectivity index (χ2v) is 2.60. The number of nitrogens with zero attached hydrogens (tertiary/aromatic N) is 1. The average Bonchev–Trinajstić information content (AvgIpc) is 2.15. The van der Waals surface area contributed by atoms with Gasteiger partial charge in [-0.05, 0) is 6.92 Å². The lowest BCUT2D eigenvalue weighted by molar-refractivity contribution is -0.137. The fraction of sp³-hybridized carbons (Fsp3) is 0.364. The zero-order valence-electron chi connectivity index (χ0n) is 8.61. The van der Waals surface area contributed by atoms with Crippen LogP contribution in [0.4, 0.5) is 0 Å². The highest BCUT2D eigenvalue weighted by Gasteiger charge is 1.96. The molecule has 0 spiro atoms. The number of hydrogen-bond acceptors (Lipinski definition) is 3.